The largest absolute Gasteiger partial charge is 0.345 e. The third-order valence-electron chi connectivity index (χ3n) is 4.90. The number of hydrogen-bond donors (Lipinski definition) is 1. The lowest BCUT2D eigenvalue weighted by Gasteiger charge is -2.14. The van der Waals surface area contributed by atoms with Crippen LogP contribution in [0.4, 0.5) is 0 Å². The normalized spacial score (nSPS) is 15.6. The molecule has 1 aliphatic carbocycles. The van der Waals surface area contributed by atoms with Gasteiger partial charge in [0, 0.05) is 31.3 Å². The van der Waals surface area contributed by atoms with E-state index in [1.54, 1.807) is 19.3 Å². The number of benzene rings is 1. The van der Waals surface area contributed by atoms with Crippen LogP contribution in [0.1, 0.15) is 46.8 Å². The summed E-state index contributed by atoms with van der Waals surface area (Å²) < 4.78 is 6.59. The Bertz CT molecular complexity index is 1070. The molecule has 1 unspecified atom stereocenters. The fourth-order valence-corrected chi connectivity index (χ4v) is 3.39. The average molecular weight is 364 g/mol. The molecule has 1 aliphatic rings. The molecule has 4 rings (SSSR count). The summed E-state index contributed by atoms with van der Waals surface area (Å²) in [5, 5.41) is 7.09. The topological polar surface area (TPSA) is 90.0 Å². The molecule has 0 aliphatic heterocycles. The average Bonchev–Trinajstić information content (AvgIpc) is 3.30. The van der Waals surface area contributed by atoms with Crippen molar-refractivity contribution in [2.45, 2.75) is 32.2 Å². The Balaban J connectivity index is 1.54. The van der Waals surface area contributed by atoms with Gasteiger partial charge in [-0.3, -0.25) is 9.59 Å². The molecule has 27 heavy (non-hydrogen) atoms. The molecule has 0 saturated heterocycles. The number of amides is 1. The summed E-state index contributed by atoms with van der Waals surface area (Å²) in [6, 6.07) is 8.95. The number of hydrogen-bond acceptors (Lipinski definition) is 5. The molecular weight excluding hydrogens is 344 g/mol. The molecular formula is C20H20N4O3. The number of aromatic nitrogens is 3. The summed E-state index contributed by atoms with van der Waals surface area (Å²) in [5.41, 5.74) is 3.54. The van der Waals surface area contributed by atoms with Crippen molar-refractivity contribution in [3.63, 3.8) is 0 Å². The molecule has 0 bridgehead atoms. The summed E-state index contributed by atoms with van der Waals surface area (Å²) in [5.74, 6) is 1.03. The Labute approximate surface area is 156 Å². The van der Waals surface area contributed by atoms with Gasteiger partial charge in [-0.2, -0.15) is 4.98 Å². The van der Waals surface area contributed by atoms with Crippen LogP contribution in [0.25, 0.3) is 11.4 Å². The summed E-state index contributed by atoms with van der Waals surface area (Å²) in [6.45, 7) is 1.97. The van der Waals surface area contributed by atoms with Gasteiger partial charge in [0.25, 0.3) is 5.91 Å². The van der Waals surface area contributed by atoms with Crippen LogP contribution in [0.15, 0.2) is 45.8 Å². The van der Waals surface area contributed by atoms with E-state index in [1.165, 1.54) is 16.2 Å². The zero-order chi connectivity index (χ0) is 19.0. The minimum atomic E-state index is -0.182. The summed E-state index contributed by atoms with van der Waals surface area (Å²) in [4.78, 5) is 28.4. The highest BCUT2D eigenvalue weighted by molar-refractivity contribution is 5.94. The second kappa shape index (κ2) is 6.83. The Morgan fingerprint density at radius 3 is 2.93 bits per heavy atom. The van der Waals surface area contributed by atoms with Crippen molar-refractivity contribution in [3.8, 4) is 11.4 Å². The van der Waals surface area contributed by atoms with Gasteiger partial charge in [-0.05, 0) is 36.1 Å². The Morgan fingerprint density at radius 1 is 1.33 bits per heavy atom. The van der Waals surface area contributed by atoms with E-state index in [4.69, 9.17) is 4.52 Å². The molecule has 2 heterocycles. The molecule has 1 atom stereocenters. The highest BCUT2D eigenvalue weighted by Crippen LogP contribution is 2.33. The number of carbonyl (C=O) groups is 1. The van der Waals surface area contributed by atoms with E-state index in [-0.39, 0.29) is 17.5 Å². The van der Waals surface area contributed by atoms with Crippen molar-refractivity contribution < 1.29 is 9.32 Å². The zero-order valence-electron chi connectivity index (χ0n) is 15.2. The van der Waals surface area contributed by atoms with E-state index in [1.807, 2.05) is 19.1 Å². The van der Waals surface area contributed by atoms with Gasteiger partial charge in [0.1, 0.15) is 0 Å². The predicted molar refractivity (Wildman–Crippen MR) is 99.3 cm³/mol. The van der Waals surface area contributed by atoms with E-state index in [0.717, 1.165) is 24.0 Å². The van der Waals surface area contributed by atoms with Crippen molar-refractivity contribution in [2.75, 3.05) is 0 Å². The second-order valence-corrected chi connectivity index (χ2v) is 6.71. The monoisotopic (exact) mass is 364 g/mol. The molecule has 1 N–H and O–H groups in total. The fraction of sp³-hybridized carbons (Fsp3) is 0.300. The van der Waals surface area contributed by atoms with Crippen LogP contribution in [0, 0.1) is 0 Å². The molecule has 1 amide bonds. The highest BCUT2D eigenvalue weighted by atomic mass is 16.5. The van der Waals surface area contributed by atoms with Crippen molar-refractivity contribution in [2.24, 2.45) is 7.05 Å². The maximum Gasteiger partial charge on any atom is 0.253 e. The fourth-order valence-electron chi connectivity index (χ4n) is 3.39. The summed E-state index contributed by atoms with van der Waals surface area (Å²) in [6.07, 6.45) is 3.97. The molecule has 1 aromatic carbocycles. The molecule has 138 valence electrons. The third-order valence-corrected chi connectivity index (χ3v) is 4.90. The maximum atomic E-state index is 12.5. The predicted octanol–water partition coefficient (Wildman–Crippen LogP) is 2.42. The Kier molecular flexibility index (Phi) is 4.35. The van der Waals surface area contributed by atoms with Crippen molar-refractivity contribution in [3.05, 3.63) is 69.5 Å². The van der Waals surface area contributed by atoms with Crippen LogP contribution in [0.2, 0.25) is 0 Å². The lowest BCUT2D eigenvalue weighted by atomic mass is 10.0. The van der Waals surface area contributed by atoms with Crippen LogP contribution < -0.4 is 10.9 Å². The van der Waals surface area contributed by atoms with E-state index < -0.39 is 0 Å². The zero-order valence-corrected chi connectivity index (χ0v) is 15.2. The number of aryl methyl sites for hydroxylation is 3. The van der Waals surface area contributed by atoms with Crippen molar-refractivity contribution >= 4 is 5.91 Å². The minimum absolute atomic E-state index is 0.0461. The Morgan fingerprint density at radius 2 is 2.19 bits per heavy atom. The molecule has 2 aromatic heterocycles. The maximum absolute atomic E-state index is 12.5. The number of nitrogens with zero attached hydrogens (tertiary/aromatic N) is 3. The smallest absolute Gasteiger partial charge is 0.253 e. The number of fused-ring (bicyclic) bond motifs is 1. The lowest BCUT2D eigenvalue weighted by molar-refractivity contribution is 0.0936. The summed E-state index contributed by atoms with van der Waals surface area (Å²) >= 11 is 0. The second-order valence-electron chi connectivity index (χ2n) is 6.71. The summed E-state index contributed by atoms with van der Waals surface area (Å²) in [7, 11) is 1.63. The quantitative estimate of drug-likeness (QED) is 0.768. The van der Waals surface area contributed by atoms with Crippen LogP contribution >= 0.6 is 0 Å². The SMILES string of the molecule is CCc1nc(-c2ccc3c(c2)CCC3NC(=O)c2ccc(=O)n(C)c2)no1. The van der Waals surface area contributed by atoms with Crippen LogP contribution in [0.5, 0.6) is 0 Å². The first-order valence-corrected chi connectivity index (χ1v) is 8.98. The molecule has 0 radical (unpaired) electrons. The van der Waals surface area contributed by atoms with Gasteiger partial charge in [0.15, 0.2) is 0 Å². The molecule has 0 spiro atoms. The molecule has 3 aromatic rings. The first-order chi connectivity index (χ1) is 13.0. The van der Waals surface area contributed by atoms with Crippen LogP contribution in [-0.4, -0.2) is 20.6 Å². The number of pyridine rings is 1. The Hall–Kier alpha value is -3.22. The van der Waals surface area contributed by atoms with Crippen LogP contribution in [0.3, 0.4) is 0 Å². The van der Waals surface area contributed by atoms with E-state index in [0.29, 0.717) is 23.7 Å². The number of carbonyl (C=O) groups excluding carboxylic acids is 1. The highest BCUT2D eigenvalue weighted by Gasteiger charge is 2.25. The van der Waals surface area contributed by atoms with Crippen LogP contribution in [-0.2, 0) is 19.9 Å². The van der Waals surface area contributed by atoms with Gasteiger partial charge in [0.05, 0.1) is 11.6 Å². The van der Waals surface area contributed by atoms with E-state index in [2.05, 4.69) is 21.5 Å². The van der Waals surface area contributed by atoms with Crippen molar-refractivity contribution in [1.82, 2.24) is 20.0 Å². The standard InChI is InChI=1S/C20H20N4O3/c1-3-17-22-19(23-27-17)13-4-7-15-12(10-13)5-8-16(15)21-20(26)14-6-9-18(25)24(2)11-14/h4,6-7,9-11,16H,3,5,8H2,1-2H3,(H,21,26). The van der Waals surface area contributed by atoms with E-state index >= 15 is 0 Å². The molecule has 0 saturated carbocycles. The number of nitrogens with one attached hydrogen (secondary N) is 1. The lowest BCUT2D eigenvalue weighted by Crippen LogP contribution is -2.28. The van der Waals surface area contributed by atoms with E-state index in [9.17, 15) is 9.59 Å². The third kappa shape index (κ3) is 3.28. The van der Waals surface area contributed by atoms with Gasteiger partial charge in [0.2, 0.25) is 17.3 Å². The first-order valence-electron chi connectivity index (χ1n) is 8.98. The first kappa shape index (κ1) is 17.2. The van der Waals surface area contributed by atoms with Gasteiger partial charge in [-0.25, -0.2) is 0 Å². The van der Waals surface area contributed by atoms with Crippen molar-refractivity contribution in [1.29, 1.82) is 0 Å². The molecule has 0 fully saturated rings. The minimum Gasteiger partial charge on any atom is -0.345 e. The molecule has 7 heteroatoms. The van der Waals surface area contributed by atoms with Gasteiger partial charge >= 0.3 is 0 Å². The molecule has 7 nitrogen and oxygen atoms in total. The number of rotatable bonds is 4. The van der Waals surface area contributed by atoms with Gasteiger partial charge in [-0.1, -0.05) is 24.2 Å². The van der Waals surface area contributed by atoms with Gasteiger partial charge < -0.3 is 14.4 Å². The van der Waals surface area contributed by atoms with Gasteiger partial charge in [-0.15, -0.1) is 0 Å².